The maximum atomic E-state index is 10.5. The number of fused-ring (bicyclic) bond motifs is 1. The minimum Gasteiger partial charge on any atom is -0.481 e. The molecule has 0 radical (unpaired) electrons. The van der Waals surface area contributed by atoms with E-state index in [1.807, 2.05) is 22.2 Å². The summed E-state index contributed by atoms with van der Waals surface area (Å²) in [5, 5.41) is 27.0. The minimum absolute atomic E-state index is 0.000335. The van der Waals surface area contributed by atoms with Gasteiger partial charge in [-0.05, 0) is 28.5 Å². The van der Waals surface area contributed by atoms with Crippen molar-refractivity contribution in [3.63, 3.8) is 0 Å². The summed E-state index contributed by atoms with van der Waals surface area (Å²) in [4.78, 5) is 19.3. The van der Waals surface area contributed by atoms with Gasteiger partial charge in [0.1, 0.15) is 5.65 Å². The number of anilines is 1. The van der Waals surface area contributed by atoms with E-state index in [1.54, 1.807) is 17.5 Å². The van der Waals surface area contributed by atoms with E-state index < -0.39 is 5.97 Å². The summed E-state index contributed by atoms with van der Waals surface area (Å²) in [5.74, 6) is -0.506. The number of thiophene rings is 1. The van der Waals surface area contributed by atoms with Gasteiger partial charge in [-0.15, -0.1) is 0 Å². The summed E-state index contributed by atoms with van der Waals surface area (Å²) in [6.07, 6.45) is 6.36. The standard InChI is InChI=1S/C17H18N6O2S/c18-7-14(9-19-4-1-15(24)25)21-17-20-8-13-2-5-23(16(13)22-17)10-12-3-6-26-11-12/h2-3,5-9,11,18-19H,1,4,10H2,(H,24,25)(H,20,21,22)/b14-9+,18-7?. The first kappa shape index (κ1) is 17.6. The van der Waals surface area contributed by atoms with Gasteiger partial charge in [-0.3, -0.25) is 4.79 Å². The molecular weight excluding hydrogens is 352 g/mol. The summed E-state index contributed by atoms with van der Waals surface area (Å²) < 4.78 is 2.04. The zero-order valence-corrected chi connectivity index (χ0v) is 14.7. The molecule has 3 heterocycles. The van der Waals surface area contributed by atoms with Crippen LogP contribution in [0.5, 0.6) is 0 Å². The number of hydrogen-bond acceptors (Lipinski definition) is 7. The highest BCUT2D eigenvalue weighted by Gasteiger charge is 2.07. The largest absolute Gasteiger partial charge is 0.481 e. The second-order valence-corrected chi connectivity index (χ2v) is 6.29. The highest BCUT2D eigenvalue weighted by molar-refractivity contribution is 7.07. The molecule has 3 aromatic heterocycles. The third kappa shape index (κ3) is 4.45. The first-order valence-corrected chi connectivity index (χ1v) is 8.86. The van der Waals surface area contributed by atoms with Crippen LogP contribution >= 0.6 is 11.3 Å². The van der Waals surface area contributed by atoms with Crippen LogP contribution in [0, 0.1) is 5.41 Å². The van der Waals surface area contributed by atoms with Crippen LogP contribution in [-0.2, 0) is 11.3 Å². The zero-order valence-electron chi connectivity index (χ0n) is 13.8. The van der Waals surface area contributed by atoms with Crippen LogP contribution in [0.1, 0.15) is 12.0 Å². The van der Waals surface area contributed by atoms with Gasteiger partial charge in [0.15, 0.2) is 0 Å². The van der Waals surface area contributed by atoms with Crippen LogP contribution in [0.2, 0.25) is 0 Å². The van der Waals surface area contributed by atoms with E-state index in [9.17, 15) is 4.79 Å². The smallest absolute Gasteiger partial charge is 0.305 e. The zero-order chi connectivity index (χ0) is 18.4. The number of carbonyl (C=O) groups is 1. The lowest BCUT2D eigenvalue weighted by atomic mass is 10.3. The third-order valence-corrected chi connectivity index (χ3v) is 4.32. The van der Waals surface area contributed by atoms with Gasteiger partial charge in [-0.1, -0.05) is 0 Å². The normalized spacial score (nSPS) is 11.5. The molecule has 0 bridgehead atoms. The number of aromatic nitrogens is 3. The van der Waals surface area contributed by atoms with Gasteiger partial charge in [0, 0.05) is 43.3 Å². The Balaban J connectivity index is 1.74. The molecule has 3 rings (SSSR count). The number of aliphatic carboxylic acids is 1. The maximum Gasteiger partial charge on any atom is 0.305 e. The van der Waals surface area contributed by atoms with Crippen molar-refractivity contribution in [3.8, 4) is 0 Å². The molecule has 0 fully saturated rings. The van der Waals surface area contributed by atoms with E-state index >= 15 is 0 Å². The lowest BCUT2D eigenvalue weighted by Gasteiger charge is -2.07. The van der Waals surface area contributed by atoms with E-state index in [-0.39, 0.29) is 13.0 Å². The molecule has 26 heavy (non-hydrogen) atoms. The number of allylic oxidation sites excluding steroid dienone is 1. The molecule has 0 aliphatic rings. The number of carboxylic acid groups (broad SMARTS) is 1. The summed E-state index contributed by atoms with van der Waals surface area (Å²) in [6, 6.07) is 4.04. The highest BCUT2D eigenvalue weighted by Crippen LogP contribution is 2.17. The van der Waals surface area contributed by atoms with Gasteiger partial charge in [0.05, 0.1) is 12.1 Å². The first-order chi connectivity index (χ1) is 12.7. The Hall–Kier alpha value is -3.20. The summed E-state index contributed by atoms with van der Waals surface area (Å²) in [6.45, 7) is 1.01. The fraction of sp³-hybridized carbons (Fsp3) is 0.176. The van der Waals surface area contributed by atoms with Crippen molar-refractivity contribution in [2.24, 2.45) is 0 Å². The summed E-state index contributed by atoms with van der Waals surface area (Å²) >= 11 is 1.66. The number of nitrogens with one attached hydrogen (secondary N) is 3. The Morgan fingerprint density at radius 1 is 1.42 bits per heavy atom. The molecule has 0 unspecified atom stereocenters. The van der Waals surface area contributed by atoms with Gasteiger partial charge in [-0.25, -0.2) is 4.98 Å². The van der Waals surface area contributed by atoms with Crippen LogP contribution in [0.15, 0.2) is 47.2 Å². The van der Waals surface area contributed by atoms with Gasteiger partial charge in [-0.2, -0.15) is 16.3 Å². The molecule has 8 nitrogen and oxygen atoms in total. The average molecular weight is 370 g/mol. The molecule has 0 spiro atoms. The molecule has 3 aromatic rings. The SMILES string of the molecule is N=C/C(=C\NCCC(=O)O)Nc1ncc2ccn(Cc3ccsc3)c2n1. The van der Waals surface area contributed by atoms with Gasteiger partial charge < -0.3 is 25.7 Å². The Morgan fingerprint density at radius 2 is 2.31 bits per heavy atom. The number of carboxylic acids is 1. The predicted molar refractivity (Wildman–Crippen MR) is 102 cm³/mol. The average Bonchev–Trinajstić information content (AvgIpc) is 3.28. The molecule has 9 heteroatoms. The van der Waals surface area contributed by atoms with Crippen molar-refractivity contribution in [1.82, 2.24) is 19.9 Å². The molecule has 0 amide bonds. The molecule has 0 saturated heterocycles. The quantitative estimate of drug-likeness (QED) is 0.340. The fourth-order valence-electron chi connectivity index (χ4n) is 2.34. The number of nitrogens with zero attached hydrogens (tertiary/aromatic N) is 3. The molecule has 0 aliphatic carbocycles. The first-order valence-electron chi connectivity index (χ1n) is 7.91. The van der Waals surface area contributed by atoms with E-state index in [4.69, 9.17) is 10.5 Å². The molecule has 4 N–H and O–H groups in total. The Kier molecular flexibility index (Phi) is 5.59. The van der Waals surface area contributed by atoms with Crippen LogP contribution < -0.4 is 10.6 Å². The predicted octanol–water partition coefficient (Wildman–Crippen LogP) is 2.51. The summed E-state index contributed by atoms with van der Waals surface area (Å²) in [7, 11) is 0. The molecule has 0 saturated carbocycles. The van der Waals surface area contributed by atoms with Gasteiger partial charge in [0.25, 0.3) is 0 Å². The van der Waals surface area contributed by atoms with E-state index in [2.05, 4.69) is 32.0 Å². The van der Waals surface area contributed by atoms with Crippen molar-refractivity contribution in [1.29, 1.82) is 5.41 Å². The van der Waals surface area contributed by atoms with E-state index in [0.717, 1.165) is 23.8 Å². The van der Waals surface area contributed by atoms with Crippen molar-refractivity contribution >= 4 is 40.5 Å². The molecular formula is C17H18N6O2S. The van der Waals surface area contributed by atoms with Crippen LogP contribution in [0.3, 0.4) is 0 Å². The minimum atomic E-state index is -0.879. The molecule has 134 valence electrons. The Bertz CT molecular complexity index is 932. The van der Waals surface area contributed by atoms with Crippen molar-refractivity contribution in [3.05, 3.63) is 52.7 Å². The van der Waals surface area contributed by atoms with Crippen LogP contribution in [-0.4, -0.2) is 38.4 Å². The maximum absolute atomic E-state index is 10.5. The van der Waals surface area contributed by atoms with E-state index in [1.165, 1.54) is 11.8 Å². The highest BCUT2D eigenvalue weighted by atomic mass is 32.1. The van der Waals surface area contributed by atoms with Crippen molar-refractivity contribution < 1.29 is 9.90 Å². The van der Waals surface area contributed by atoms with Crippen molar-refractivity contribution in [2.75, 3.05) is 11.9 Å². The lowest BCUT2D eigenvalue weighted by Crippen LogP contribution is -2.15. The molecule has 0 aromatic carbocycles. The Labute approximate surface area is 153 Å². The van der Waals surface area contributed by atoms with E-state index in [0.29, 0.717) is 11.6 Å². The second-order valence-electron chi connectivity index (χ2n) is 5.51. The Morgan fingerprint density at radius 3 is 3.04 bits per heavy atom. The second kappa shape index (κ2) is 8.26. The summed E-state index contributed by atoms with van der Waals surface area (Å²) in [5.41, 5.74) is 2.45. The van der Waals surface area contributed by atoms with Crippen LogP contribution in [0.4, 0.5) is 5.95 Å². The number of rotatable bonds is 9. The number of hydrogen-bond donors (Lipinski definition) is 4. The van der Waals surface area contributed by atoms with Gasteiger partial charge >= 0.3 is 5.97 Å². The monoisotopic (exact) mass is 370 g/mol. The molecule has 0 aliphatic heterocycles. The fourth-order valence-corrected chi connectivity index (χ4v) is 3.00. The van der Waals surface area contributed by atoms with Gasteiger partial charge in [0.2, 0.25) is 5.95 Å². The topological polar surface area (TPSA) is 116 Å². The van der Waals surface area contributed by atoms with Crippen LogP contribution in [0.25, 0.3) is 11.0 Å². The lowest BCUT2D eigenvalue weighted by molar-refractivity contribution is -0.136. The molecule has 0 atom stereocenters. The third-order valence-electron chi connectivity index (χ3n) is 3.59. The van der Waals surface area contributed by atoms with Crippen molar-refractivity contribution in [2.45, 2.75) is 13.0 Å².